The summed E-state index contributed by atoms with van der Waals surface area (Å²) in [6.07, 6.45) is 1.73. The zero-order valence-corrected chi connectivity index (χ0v) is 15.5. The molecule has 6 nitrogen and oxygen atoms in total. The molecular formula is C20H24N4O2. The molecule has 0 saturated heterocycles. The van der Waals surface area contributed by atoms with Crippen molar-refractivity contribution in [2.24, 2.45) is 5.41 Å². The highest BCUT2D eigenvalue weighted by atomic mass is 16.3. The number of rotatable bonds is 4. The molecule has 0 aliphatic heterocycles. The van der Waals surface area contributed by atoms with Gasteiger partial charge in [-0.25, -0.2) is 4.98 Å². The van der Waals surface area contributed by atoms with Crippen molar-refractivity contribution in [2.45, 2.75) is 40.3 Å². The highest BCUT2D eigenvalue weighted by molar-refractivity contribution is 5.75. The average Bonchev–Trinajstić information content (AvgIpc) is 2.57. The summed E-state index contributed by atoms with van der Waals surface area (Å²) >= 11 is 0. The maximum absolute atomic E-state index is 12.4. The molecule has 26 heavy (non-hydrogen) atoms. The van der Waals surface area contributed by atoms with Gasteiger partial charge in [-0.3, -0.25) is 9.36 Å². The van der Waals surface area contributed by atoms with E-state index in [1.807, 2.05) is 19.1 Å². The zero-order chi connectivity index (χ0) is 18.9. The van der Waals surface area contributed by atoms with Crippen molar-refractivity contribution < 1.29 is 5.11 Å². The first-order valence-corrected chi connectivity index (χ1v) is 8.65. The average molecular weight is 352 g/mol. The summed E-state index contributed by atoms with van der Waals surface area (Å²) < 4.78 is 1.70. The number of pyridine rings is 1. The van der Waals surface area contributed by atoms with Crippen LogP contribution in [0.3, 0.4) is 0 Å². The van der Waals surface area contributed by atoms with Crippen LogP contribution < -0.4 is 10.9 Å². The molecule has 3 rings (SSSR count). The van der Waals surface area contributed by atoms with E-state index < -0.39 is 0 Å². The van der Waals surface area contributed by atoms with Gasteiger partial charge in [-0.2, -0.15) is 4.98 Å². The van der Waals surface area contributed by atoms with Gasteiger partial charge in [0.15, 0.2) is 0 Å². The van der Waals surface area contributed by atoms with Crippen LogP contribution in [0, 0.1) is 5.41 Å². The van der Waals surface area contributed by atoms with Crippen molar-refractivity contribution in [3.8, 4) is 5.75 Å². The fraction of sp³-hybridized carbons (Fsp3) is 0.350. The van der Waals surface area contributed by atoms with Crippen LogP contribution in [0.1, 0.15) is 39.3 Å². The highest BCUT2D eigenvalue weighted by Gasteiger charge is 2.16. The smallest absolute Gasteiger partial charge is 0.252 e. The van der Waals surface area contributed by atoms with Crippen molar-refractivity contribution in [3.63, 3.8) is 0 Å². The normalized spacial score (nSPS) is 12.9. The maximum atomic E-state index is 12.4. The van der Waals surface area contributed by atoms with E-state index >= 15 is 0 Å². The van der Waals surface area contributed by atoms with Gasteiger partial charge < -0.3 is 10.4 Å². The number of nitrogens with zero attached hydrogens (tertiary/aromatic N) is 3. The lowest BCUT2D eigenvalue weighted by atomic mass is 9.97. The molecule has 0 radical (unpaired) electrons. The van der Waals surface area contributed by atoms with E-state index in [0.717, 1.165) is 10.9 Å². The SMILES string of the molecule is C[C@H](Nc1ncc2ccc(=O)n(CC(C)(C)C)c2n1)c1ccc(O)cc1. The van der Waals surface area contributed by atoms with Crippen molar-refractivity contribution in [3.05, 3.63) is 58.5 Å². The Morgan fingerprint density at radius 1 is 1.15 bits per heavy atom. The zero-order valence-electron chi connectivity index (χ0n) is 15.5. The van der Waals surface area contributed by atoms with E-state index in [1.54, 1.807) is 35.0 Å². The van der Waals surface area contributed by atoms with Crippen LogP contribution in [0.25, 0.3) is 11.0 Å². The fourth-order valence-corrected chi connectivity index (χ4v) is 2.81. The van der Waals surface area contributed by atoms with Crippen LogP contribution >= 0.6 is 0 Å². The van der Waals surface area contributed by atoms with E-state index in [-0.39, 0.29) is 22.8 Å². The molecule has 3 aromatic rings. The number of hydrogen-bond acceptors (Lipinski definition) is 5. The molecule has 0 amide bonds. The Bertz CT molecular complexity index is 972. The molecule has 2 heterocycles. The van der Waals surface area contributed by atoms with E-state index in [4.69, 9.17) is 0 Å². The first-order chi connectivity index (χ1) is 12.2. The number of phenols is 1. The highest BCUT2D eigenvalue weighted by Crippen LogP contribution is 2.22. The minimum absolute atomic E-state index is 0.0421. The van der Waals surface area contributed by atoms with Gasteiger partial charge in [0, 0.05) is 24.2 Å². The molecule has 0 unspecified atom stereocenters. The first kappa shape index (κ1) is 17.9. The number of hydrogen-bond donors (Lipinski definition) is 2. The van der Waals surface area contributed by atoms with Gasteiger partial charge in [-0.15, -0.1) is 0 Å². The van der Waals surface area contributed by atoms with Gasteiger partial charge in [0.2, 0.25) is 5.95 Å². The molecule has 0 aliphatic carbocycles. The molecule has 1 atom stereocenters. The number of phenolic OH excluding ortho intramolecular Hbond substituents is 1. The minimum Gasteiger partial charge on any atom is -0.508 e. The molecule has 0 fully saturated rings. The van der Waals surface area contributed by atoms with Crippen LogP contribution in [0.15, 0.2) is 47.4 Å². The Hall–Kier alpha value is -2.89. The topological polar surface area (TPSA) is 80.0 Å². The van der Waals surface area contributed by atoms with Crippen molar-refractivity contribution >= 4 is 17.0 Å². The first-order valence-electron chi connectivity index (χ1n) is 8.65. The lowest BCUT2D eigenvalue weighted by Crippen LogP contribution is -2.27. The van der Waals surface area contributed by atoms with Crippen LogP contribution in [0.5, 0.6) is 5.75 Å². The summed E-state index contributed by atoms with van der Waals surface area (Å²) in [7, 11) is 0. The second kappa shape index (κ2) is 6.78. The van der Waals surface area contributed by atoms with Crippen LogP contribution in [-0.4, -0.2) is 19.6 Å². The largest absolute Gasteiger partial charge is 0.508 e. The molecule has 1 aromatic carbocycles. The molecule has 6 heteroatoms. The van der Waals surface area contributed by atoms with E-state index in [2.05, 4.69) is 36.1 Å². The fourth-order valence-electron chi connectivity index (χ4n) is 2.81. The lowest BCUT2D eigenvalue weighted by molar-refractivity contribution is 0.343. The number of fused-ring (bicyclic) bond motifs is 1. The number of anilines is 1. The lowest BCUT2D eigenvalue weighted by Gasteiger charge is -2.21. The van der Waals surface area contributed by atoms with E-state index in [1.165, 1.54) is 0 Å². The Kier molecular flexibility index (Phi) is 4.68. The standard InChI is InChI=1S/C20H24N4O2/c1-13(14-5-8-16(25)9-6-14)22-19-21-11-15-7-10-17(26)24(18(15)23-19)12-20(2,3)4/h5-11,13,25H,12H2,1-4H3,(H,21,22,23)/t13-/m0/s1. The van der Waals surface area contributed by atoms with Crippen LogP contribution in [-0.2, 0) is 6.54 Å². The van der Waals surface area contributed by atoms with Gasteiger partial charge in [0.25, 0.3) is 5.56 Å². The molecule has 2 aromatic heterocycles. The van der Waals surface area contributed by atoms with Gasteiger partial charge in [-0.1, -0.05) is 32.9 Å². The maximum Gasteiger partial charge on any atom is 0.252 e. The third-order valence-corrected chi connectivity index (χ3v) is 4.09. The van der Waals surface area contributed by atoms with E-state index in [9.17, 15) is 9.90 Å². The van der Waals surface area contributed by atoms with Gasteiger partial charge in [0.05, 0.1) is 6.04 Å². The van der Waals surface area contributed by atoms with Crippen LogP contribution in [0.4, 0.5) is 5.95 Å². The second-order valence-corrected chi connectivity index (χ2v) is 7.75. The second-order valence-electron chi connectivity index (χ2n) is 7.75. The van der Waals surface area contributed by atoms with Crippen molar-refractivity contribution in [2.75, 3.05) is 5.32 Å². The molecule has 0 bridgehead atoms. The monoisotopic (exact) mass is 352 g/mol. The summed E-state index contributed by atoms with van der Waals surface area (Å²) in [4.78, 5) is 21.3. The van der Waals surface area contributed by atoms with E-state index in [0.29, 0.717) is 18.1 Å². The number of nitrogens with one attached hydrogen (secondary N) is 1. The molecule has 0 spiro atoms. The van der Waals surface area contributed by atoms with Crippen molar-refractivity contribution in [1.29, 1.82) is 0 Å². The molecule has 2 N–H and O–H groups in total. The summed E-state index contributed by atoms with van der Waals surface area (Å²) in [6.45, 7) is 8.84. The molecule has 136 valence electrons. The summed E-state index contributed by atoms with van der Waals surface area (Å²) in [5, 5.41) is 13.5. The Morgan fingerprint density at radius 3 is 2.50 bits per heavy atom. The summed E-state index contributed by atoms with van der Waals surface area (Å²) in [6, 6.07) is 10.3. The predicted molar refractivity (Wildman–Crippen MR) is 103 cm³/mol. The quantitative estimate of drug-likeness (QED) is 0.748. The molecule has 0 saturated carbocycles. The third kappa shape index (κ3) is 4.02. The summed E-state index contributed by atoms with van der Waals surface area (Å²) in [5.74, 6) is 0.695. The van der Waals surface area contributed by atoms with Gasteiger partial charge in [0.1, 0.15) is 11.4 Å². The Labute approximate surface area is 152 Å². The van der Waals surface area contributed by atoms with Crippen molar-refractivity contribution in [1.82, 2.24) is 14.5 Å². The number of benzene rings is 1. The molecular weight excluding hydrogens is 328 g/mol. The third-order valence-electron chi connectivity index (χ3n) is 4.09. The minimum atomic E-state index is -0.0661. The molecule has 0 aliphatic rings. The predicted octanol–water partition coefficient (Wildman–Crippen LogP) is 3.72. The Balaban J connectivity index is 1.96. The summed E-state index contributed by atoms with van der Waals surface area (Å²) in [5.41, 5.74) is 1.52. The van der Waals surface area contributed by atoms with Gasteiger partial charge in [-0.05, 0) is 36.1 Å². The number of aromatic nitrogens is 3. The number of aromatic hydroxyl groups is 1. The Morgan fingerprint density at radius 2 is 1.85 bits per heavy atom. The van der Waals surface area contributed by atoms with Crippen LogP contribution in [0.2, 0.25) is 0 Å². The van der Waals surface area contributed by atoms with Gasteiger partial charge >= 0.3 is 0 Å².